The molecule has 20 heavy (non-hydrogen) atoms. The molecule has 1 saturated heterocycles. The van der Waals surface area contributed by atoms with Crippen LogP contribution in [0.25, 0.3) is 0 Å². The smallest absolute Gasteiger partial charge is 0.238 e. The van der Waals surface area contributed by atoms with E-state index in [1.807, 2.05) is 11.9 Å². The van der Waals surface area contributed by atoms with Crippen LogP contribution in [-0.4, -0.2) is 50.4 Å². The summed E-state index contributed by atoms with van der Waals surface area (Å²) in [5, 5.41) is 3.71. The summed E-state index contributed by atoms with van der Waals surface area (Å²) in [6.45, 7) is 1.98. The average molecular weight is 319 g/mol. The van der Waals surface area contributed by atoms with Crippen LogP contribution < -0.4 is 5.32 Å². The van der Waals surface area contributed by atoms with E-state index in [0.29, 0.717) is 35.5 Å². The van der Waals surface area contributed by atoms with Gasteiger partial charge in [-0.05, 0) is 25.2 Å². The number of hydrogen-bond acceptors (Lipinski definition) is 4. The van der Waals surface area contributed by atoms with E-state index >= 15 is 0 Å². The predicted molar refractivity (Wildman–Crippen MR) is 78.3 cm³/mol. The molecule has 1 N–H and O–H groups in total. The Labute approximate surface area is 127 Å². The summed E-state index contributed by atoms with van der Waals surface area (Å²) in [7, 11) is 1.83. The van der Waals surface area contributed by atoms with Crippen molar-refractivity contribution >= 4 is 34.8 Å². The van der Waals surface area contributed by atoms with Gasteiger partial charge in [0.25, 0.3) is 0 Å². The predicted octanol–water partition coefficient (Wildman–Crippen LogP) is 2.24. The van der Waals surface area contributed by atoms with Gasteiger partial charge in [-0.15, -0.1) is 0 Å². The molecule has 1 aromatic carbocycles. The minimum atomic E-state index is -0.256. The third-order valence-electron chi connectivity index (χ3n) is 2.71. The van der Waals surface area contributed by atoms with Crippen molar-refractivity contribution in [3.05, 3.63) is 28.2 Å². The fraction of sp³-hybridized carbons (Fsp3) is 0.462. The lowest BCUT2D eigenvalue weighted by Gasteiger charge is -2.19. The first kappa shape index (κ1) is 15.5. The zero-order valence-corrected chi connectivity index (χ0v) is 12.6. The van der Waals surface area contributed by atoms with E-state index in [-0.39, 0.29) is 18.7 Å². The van der Waals surface area contributed by atoms with Crippen LogP contribution >= 0.6 is 23.2 Å². The van der Waals surface area contributed by atoms with Gasteiger partial charge in [0.15, 0.2) is 6.29 Å². The quantitative estimate of drug-likeness (QED) is 0.904. The van der Waals surface area contributed by atoms with E-state index < -0.39 is 0 Å². The van der Waals surface area contributed by atoms with E-state index in [1.54, 1.807) is 18.2 Å². The Morgan fingerprint density at radius 3 is 2.50 bits per heavy atom. The molecule has 1 fully saturated rings. The summed E-state index contributed by atoms with van der Waals surface area (Å²) >= 11 is 11.7. The number of hydrogen-bond donors (Lipinski definition) is 1. The molecule has 0 aliphatic carbocycles. The second-order valence-corrected chi connectivity index (χ2v) is 5.45. The topological polar surface area (TPSA) is 50.8 Å². The molecule has 0 spiro atoms. The Balaban J connectivity index is 1.81. The standard InChI is InChI=1S/C13H16Cl2N2O3/c1-17(8-13-19-2-3-20-13)7-12(18)16-11-5-9(14)4-10(15)6-11/h4-6,13H,2-3,7-8H2,1H3,(H,16,18). The highest BCUT2D eigenvalue weighted by Gasteiger charge is 2.19. The van der Waals surface area contributed by atoms with Crippen LogP contribution in [0.5, 0.6) is 0 Å². The van der Waals surface area contributed by atoms with Crippen LogP contribution in [0, 0.1) is 0 Å². The Hall–Kier alpha value is -0.850. The van der Waals surface area contributed by atoms with E-state index in [2.05, 4.69) is 5.32 Å². The number of carbonyl (C=O) groups is 1. The number of carbonyl (C=O) groups excluding carboxylic acids is 1. The molecule has 7 heteroatoms. The van der Waals surface area contributed by atoms with Crippen LogP contribution in [0.2, 0.25) is 10.0 Å². The van der Waals surface area contributed by atoms with Crippen molar-refractivity contribution in [3.63, 3.8) is 0 Å². The molecule has 1 aliphatic heterocycles. The second kappa shape index (κ2) is 7.24. The van der Waals surface area contributed by atoms with Crippen molar-refractivity contribution in [2.45, 2.75) is 6.29 Å². The lowest BCUT2D eigenvalue weighted by atomic mass is 10.3. The lowest BCUT2D eigenvalue weighted by Crippen LogP contribution is -2.36. The van der Waals surface area contributed by atoms with Crippen molar-refractivity contribution in [2.24, 2.45) is 0 Å². The summed E-state index contributed by atoms with van der Waals surface area (Å²) in [6, 6.07) is 4.91. The highest BCUT2D eigenvalue weighted by Crippen LogP contribution is 2.22. The van der Waals surface area contributed by atoms with Gasteiger partial charge in [0, 0.05) is 22.3 Å². The Morgan fingerprint density at radius 2 is 1.90 bits per heavy atom. The van der Waals surface area contributed by atoms with Crippen molar-refractivity contribution in [1.29, 1.82) is 0 Å². The number of nitrogens with one attached hydrogen (secondary N) is 1. The van der Waals surface area contributed by atoms with Crippen LogP contribution in [0.4, 0.5) is 5.69 Å². The molecular formula is C13H16Cl2N2O3. The molecule has 5 nitrogen and oxygen atoms in total. The number of nitrogens with zero attached hydrogens (tertiary/aromatic N) is 1. The Kier molecular flexibility index (Phi) is 5.63. The normalized spacial score (nSPS) is 15.8. The first-order valence-corrected chi connectivity index (χ1v) is 6.96. The van der Waals surface area contributed by atoms with Gasteiger partial charge in [0.05, 0.1) is 19.8 Å². The van der Waals surface area contributed by atoms with E-state index in [9.17, 15) is 4.79 Å². The first-order chi connectivity index (χ1) is 9.52. The number of rotatable bonds is 5. The van der Waals surface area contributed by atoms with E-state index in [0.717, 1.165) is 0 Å². The molecule has 0 bridgehead atoms. The van der Waals surface area contributed by atoms with Crippen molar-refractivity contribution in [3.8, 4) is 0 Å². The highest BCUT2D eigenvalue weighted by atomic mass is 35.5. The van der Waals surface area contributed by atoms with Gasteiger partial charge < -0.3 is 14.8 Å². The number of amides is 1. The summed E-state index contributed by atoms with van der Waals surface area (Å²) in [5.41, 5.74) is 0.578. The molecular weight excluding hydrogens is 303 g/mol. The van der Waals surface area contributed by atoms with E-state index in [1.165, 1.54) is 0 Å². The number of benzene rings is 1. The van der Waals surface area contributed by atoms with Crippen LogP contribution in [0.3, 0.4) is 0 Å². The lowest BCUT2D eigenvalue weighted by molar-refractivity contribution is -0.118. The summed E-state index contributed by atoms with van der Waals surface area (Å²) in [6.07, 6.45) is -0.256. The van der Waals surface area contributed by atoms with Gasteiger partial charge in [0.2, 0.25) is 5.91 Å². The Morgan fingerprint density at radius 1 is 1.30 bits per heavy atom. The molecule has 0 saturated carbocycles. The number of ether oxygens (including phenoxy) is 2. The van der Waals surface area contributed by atoms with Crippen molar-refractivity contribution in [1.82, 2.24) is 4.90 Å². The monoisotopic (exact) mass is 318 g/mol. The largest absolute Gasteiger partial charge is 0.349 e. The van der Waals surface area contributed by atoms with Gasteiger partial charge >= 0.3 is 0 Å². The third kappa shape index (κ3) is 4.92. The van der Waals surface area contributed by atoms with Crippen molar-refractivity contribution in [2.75, 3.05) is 38.7 Å². The zero-order valence-electron chi connectivity index (χ0n) is 11.1. The van der Waals surface area contributed by atoms with Gasteiger partial charge in [-0.1, -0.05) is 23.2 Å². The number of halogens is 2. The molecule has 1 aromatic rings. The van der Waals surface area contributed by atoms with Crippen LogP contribution in [-0.2, 0) is 14.3 Å². The maximum Gasteiger partial charge on any atom is 0.238 e. The molecule has 110 valence electrons. The molecule has 0 atom stereocenters. The molecule has 1 amide bonds. The second-order valence-electron chi connectivity index (χ2n) is 4.57. The van der Waals surface area contributed by atoms with Gasteiger partial charge in [-0.2, -0.15) is 0 Å². The molecule has 2 rings (SSSR count). The third-order valence-corrected chi connectivity index (χ3v) is 3.15. The minimum Gasteiger partial charge on any atom is -0.349 e. The van der Waals surface area contributed by atoms with Gasteiger partial charge in [-0.25, -0.2) is 0 Å². The van der Waals surface area contributed by atoms with Gasteiger partial charge in [0.1, 0.15) is 0 Å². The highest BCUT2D eigenvalue weighted by molar-refractivity contribution is 6.35. The maximum absolute atomic E-state index is 11.9. The first-order valence-electron chi connectivity index (χ1n) is 6.20. The summed E-state index contributed by atoms with van der Waals surface area (Å²) in [4.78, 5) is 13.7. The SMILES string of the molecule is CN(CC(=O)Nc1cc(Cl)cc(Cl)c1)CC1OCCO1. The fourth-order valence-corrected chi connectivity index (χ4v) is 2.43. The molecule has 1 aliphatic rings. The fourth-order valence-electron chi connectivity index (χ4n) is 1.90. The van der Waals surface area contributed by atoms with Crippen LogP contribution in [0.1, 0.15) is 0 Å². The molecule has 1 heterocycles. The minimum absolute atomic E-state index is 0.149. The average Bonchev–Trinajstić information content (AvgIpc) is 2.79. The van der Waals surface area contributed by atoms with Crippen LogP contribution in [0.15, 0.2) is 18.2 Å². The molecule has 0 aromatic heterocycles. The number of likely N-dealkylation sites (N-methyl/N-ethyl adjacent to an activating group) is 1. The van der Waals surface area contributed by atoms with Gasteiger partial charge in [-0.3, -0.25) is 9.69 Å². The molecule has 0 radical (unpaired) electrons. The molecule has 0 unspecified atom stereocenters. The van der Waals surface area contributed by atoms with E-state index in [4.69, 9.17) is 32.7 Å². The zero-order chi connectivity index (χ0) is 14.5. The Bertz CT molecular complexity index is 458. The summed E-state index contributed by atoms with van der Waals surface area (Å²) < 4.78 is 10.6. The van der Waals surface area contributed by atoms with Crippen molar-refractivity contribution < 1.29 is 14.3 Å². The number of anilines is 1. The maximum atomic E-state index is 11.9. The summed E-state index contributed by atoms with van der Waals surface area (Å²) in [5.74, 6) is -0.149.